The Balaban J connectivity index is 4.33. The van der Waals surface area contributed by atoms with Gasteiger partial charge in [0.15, 0.2) is 0 Å². The second kappa shape index (κ2) is 29.6. The van der Waals surface area contributed by atoms with Gasteiger partial charge in [-0.1, -0.05) is 116 Å². The summed E-state index contributed by atoms with van der Waals surface area (Å²) in [5.74, 6) is -0.324. The molecule has 0 aromatic heterocycles. The van der Waals surface area contributed by atoms with E-state index in [0.29, 0.717) is 24.1 Å². The maximum absolute atomic E-state index is 12.6. The molecular formula is C35H71NO7P+. The molecule has 0 aromatic rings. The number of carbonyl (C=O) groups is 1. The van der Waals surface area contributed by atoms with Crippen LogP contribution in [0, 0.1) is 0 Å². The first kappa shape index (κ1) is 43.2. The van der Waals surface area contributed by atoms with Gasteiger partial charge in [-0.25, -0.2) is 4.57 Å². The van der Waals surface area contributed by atoms with Crippen molar-refractivity contribution in [3.8, 4) is 0 Å². The molecule has 0 bridgehead atoms. The highest BCUT2D eigenvalue weighted by Gasteiger charge is 2.26. The summed E-state index contributed by atoms with van der Waals surface area (Å²) in [6, 6.07) is 0. The second-order valence-corrected chi connectivity index (χ2v) is 14.7. The third kappa shape index (κ3) is 32.6. The standard InChI is InChI=1S/C35H70NO7P/c1-6-8-10-12-14-16-17-18-19-20-22-24-26-28-35(37)43-34(33-42-44(38,39)41-31-29-36(3,4)5)32-40-30-27-25-23-21-15-13-11-9-7-2/h16-17,34H,6-15,18-33H2,1-5H3/p+1/b17-16-. The molecule has 0 heterocycles. The van der Waals surface area contributed by atoms with Gasteiger partial charge in [-0.15, -0.1) is 0 Å². The first-order chi connectivity index (χ1) is 21.1. The zero-order chi connectivity index (χ0) is 32.8. The Hall–Kier alpha value is -0.760. The molecule has 0 aromatic carbocycles. The second-order valence-electron chi connectivity index (χ2n) is 13.3. The van der Waals surface area contributed by atoms with E-state index in [-0.39, 0.29) is 25.8 Å². The van der Waals surface area contributed by atoms with E-state index in [4.69, 9.17) is 18.5 Å². The van der Waals surface area contributed by atoms with Crippen LogP contribution in [0.4, 0.5) is 0 Å². The lowest BCUT2D eigenvalue weighted by atomic mass is 10.1. The van der Waals surface area contributed by atoms with Gasteiger partial charge >= 0.3 is 13.8 Å². The van der Waals surface area contributed by atoms with Gasteiger partial charge in [0.25, 0.3) is 0 Å². The minimum atomic E-state index is -4.26. The molecule has 0 aliphatic heterocycles. The third-order valence-corrected chi connectivity index (χ3v) is 8.56. The molecule has 0 aliphatic carbocycles. The van der Waals surface area contributed by atoms with Gasteiger partial charge in [-0.2, -0.15) is 0 Å². The maximum atomic E-state index is 12.6. The highest BCUT2D eigenvalue weighted by atomic mass is 31.2. The normalized spacial score (nSPS) is 14.2. The van der Waals surface area contributed by atoms with Gasteiger partial charge in [-0.05, 0) is 38.5 Å². The Kier molecular flexibility index (Phi) is 29.1. The molecule has 2 unspecified atom stereocenters. The molecule has 0 fully saturated rings. The smallest absolute Gasteiger partial charge is 0.457 e. The summed E-state index contributed by atoms with van der Waals surface area (Å²) in [6.45, 7) is 5.58. The van der Waals surface area contributed by atoms with E-state index in [2.05, 4.69) is 26.0 Å². The lowest BCUT2D eigenvalue weighted by molar-refractivity contribution is -0.870. The molecule has 262 valence electrons. The van der Waals surface area contributed by atoms with Gasteiger partial charge < -0.3 is 18.9 Å². The molecular weight excluding hydrogens is 577 g/mol. The summed E-state index contributed by atoms with van der Waals surface area (Å²) in [6.07, 6.45) is 28.0. The number of hydrogen-bond acceptors (Lipinski definition) is 6. The Morgan fingerprint density at radius 2 is 1.18 bits per heavy atom. The number of ether oxygens (including phenoxy) is 2. The number of carbonyl (C=O) groups excluding carboxylic acids is 1. The van der Waals surface area contributed by atoms with Gasteiger partial charge in [0.2, 0.25) is 0 Å². The summed E-state index contributed by atoms with van der Waals surface area (Å²) >= 11 is 0. The number of likely N-dealkylation sites (N-methyl/N-ethyl adjacent to an activating group) is 1. The van der Waals surface area contributed by atoms with Crippen LogP contribution in [0.5, 0.6) is 0 Å². The highest BCUT2D eigenvalue weighted by molar-refractivity contribution is 7.47. The Morgan fingerprint density at radius 3 is 1.75 bits per heavy atom. The first-order valence-corrected chi connectivity index (χ1v) is 19.4. The maximum Gasteiger partial charge on any atom is 0.472 e. The molecule has 0 saturated carbocycles. The minimum absolute atomic E-state index is 0.0895. The fourth-order valence-electron chi connectivity index (χ4n) is 4.72. The van der Waals surface area contributed by atoms with Crippen LogP contribution in [0.1, 0.15) is 149 Å². The Labute approximate surface area is 271 Å². The van der Waals surface area contributed by atoms with Crippen molar-refractivity contribution in [3.05, 3.63) is 12.2 Å². The van der Waals surface area contributed by atoms with Gasteiger partial charge in [0.1, 0.15) is 19.3 Å². The predicted molar refractivity (Wildman–Crippen MR) is 183 cm³/mol. The van der Waals surface area contributed by atoms with Crippen molar-refractivity contribution in [2.24, 2.45) is 0 Å². The van der Waals surface area contributed by atoms with E-state index in [1.165, 1.54) is 83.5 Å². The minimum Gasteiger partial charge on any atom is -0.457 e. The number of esters is 1. The monoisotopic (exact) mass is 648 g/mol. The molecule has 0 radical (unpaired) electrons. The molecule has 8 nitrogen and oxygen atoms in total. The molecule has 2 atom stereocenters. The van der Waals surface area contributed by atoms with Crippen LogP contribution in [0.15, 0.2) is 12.2 Å². The number of rotatable bonds is 33. The van der Waals surface area contributed by atoms with Crippen LogP contribution < -0.4 is 0 Å². The summed E-state index contributed by atoms with van der Waals surface area (Å²) in [7, 11) is 1.66. The molecule has 9 heteroatoms. The van der Waals surface area contributed by atoms with Crippen molar-refractivity contribution in [3.63, 3.8) is 0 Å². The number of quaternary nitrogens is 1. The molecule has 0 saturated heterocycles. The molecule has 0 amide bonds. The van der Waals surface area contributed by atoms with Crippen molar-refractivity contribution in [1.82, 2.24) is 0 Å². The summed E-state index contributed by atoms with van der Waals surface area (Å²) in [5, 5.41) is 0. The Morgan fingerprint density at radius 1 is 0.682 bits per heavy atom. The molecule has 0 aliphatic rings. The van der Waals surface area contributed by atoms with Crippen molar-refractivity contribution < 1.29 is 37.3 Å². The highest BCUT2D eigenvalue weighted by Crippen LogP contribution is 2.43. The lowest BCUT2D eigenvalue weighted by Crippen LogP contribution is -2.37. The molecule has 0 rings (SSSR count). The largest absolute Gasteiger partial charge is 0.472 e. The fraction of sp³-hybridized carbons (Fsp3) is 0.914. The lowest BCUT2D eigenvalue weighted by Gasteiger charge is -2.24. The third-order valence-electron chi connectivity index (χ3n) is 7.58. The number of phosphoric acid groups is 1. The van der Waals surface area contributed by atoms with E-state index in [9.17, 15) is 14.3 Å². The number of phosphoric ester groups is 1. The summed E-state index contributed by atoms with van der Waals surface area (Å²) in [4.78, 5) is 22.7. The van der Waals surface area contributed by atoms with Crippen LogP contribution >= 0.6 is 7.82 Å². The zero-order valence-corrected chi connectivity index (χ0v) is 30.3. The van der Waals surface area contributed by atoms with Gasteiger partial charge in [0, 0.05) is 13.0 Å². The topological polar surface area (TPSA) is 91.3 Å². The number of allylic oxidation sites excluding steroid dienone is 2. The SMILES string of the molecule is CCCCCC/C=C\CCCCCCCC(=O)OC(COCCCCCCCCCCC)COP(=O)(O)OCC[N+](C)(C)C. The summed E-state index contributed by atoms with van der Waals surface area (Å²) < 4.78 is 34.7. The van der Waals surface area contributed by atoms with Gasteiger partial charge in [-0.3, -0.25) is 13.8 Å². The zero-order valence-electron chi connectivity index (χ0n) is 29.4. The Bertz CT molecular complexity index is 726. The number of hydrogen-bond donors (Lipinski definition) is 1. The van der Waals surface area contributed by atoms with Crippen LogP contribution in [0.25, 0.3) is 0 Å². The predicted octanol–water partition coefficient (Wildman–Crippen LogP) is 9.54. The molecule has 0 spiro atoms. The van der Waals surface area contributed by atoms with E-state index in [1.807, 2.05) is 21.1 Å². The van der Waals surface area contributed by atoms with E-state index in [1.54, 1.807) is 0 Å². The fourth-order valence-corrected chi connectivity index (χ4v) is 5.46. The number of unbranched alkanes of at least 4 members (excludes halogenated alkanes) is 17. The average Bonchev–Trinajstić information content (AvgIpc) is 2.96. The van der Waals surface area contributed by atoms with Crippen LogP contribution in [0.3, 0.4) is 0 Å². The van der Waals surface area contributed by atoms with E-state index >= 15 is 0 Å². The van der Waals surface area contributed by atoms with Crippen LogP contribution in [-0.2, 0) is 27.9 Å². The summed E-state index contributed by atoms with van der Waals surface area (Å²) in [5.41, 5.74) is 0. The molecule has 44 heavy (non-hydrogen) atoms. The van der Waals surface area contributed by atoms with Crippen LogP contribution in [-0.4, -0.2) is 75.6 Å². The average molecular weight is 649 g/mol. The van der Waals surface area contributed by atoms with Crippen molar-refractivity contribution >= 4 is 13.8 Å². The van der Waals surface area contributed by atoms with E-state index < -0.39 is 13.9 Å². The number of nitrogens with zero attached hydrogens (tertiary/aromatic N) is 1. The van der Waals surface area contributed by atoms with E-state index in [0.717, 1.165) is 44.9 Å². The first-order valence-electron chi connectivity index (χ1n) is 17.9. The van der Waals surface area contributed by atoms with Crippen molar-refractivity contribution in [2.75, 3.05) is 54.1 Å². The van der Waals surface area contributed by atoms with Crippen molar-refractivity contribution in [2.45, 2.75) is 155 Å². The molecule has 1 N–H and O–H groups in total. The van der Waals surface area contributed by atoms with Gasteiger partial charge in [0.05, 0.1) is 34.4 Å². The van der Waals surface area contributed by atoms with Crippen LogP contribution in [0.2, 0.25) is 0 Å². The quantitative estimate of drug-likeness (QED) is 0.0249. The van der Waals surface area contributed by atoms with Crippen molar-refractivity contribution in [1.29, 1.82) is 0 Å².